The maximum absolute atomic E-state index is 13.4. The summed E-state index contributed by atoms with van der Waals surface area (Å²) in [6.45, 7) is 5.99. The second-order valence-electron chi connectivity index (χ2n) is 7.43. The Kier molecular flexibility index (Phi) is 6.33. The summed E-state index contributed by atoms with van der Waals surface area (Å²) >= 11 is 6.57. The Morgan fingerprint density at radius 2 is 1.70 bits per heavy atom. The van der Waals surface area contributed by atoms with Gasteiger partial charge in [0.1, 0.15) is 5.15 Å². The Hall–Kier alpha value is -2.64. The van der Waals surface area contributed by atoms with E-state index < -0.39 is 9.84 Å². The molecule has 0 radical (unpaired) electrons. The van der Waals surface area contributed by atoms with Crippen LogP contribution in [0.3, 0.4) is 0 Å². The number of anilines is 1. The van der Waals surface area contributed by atoms with Crippen LogP contribution in [0.5, 0.6) is 0 Å². The topological polar surface area (TPSA) is 72.3 Å². The van der Waals surface area contributed by atoms with Gasteiger partial charge < -0.3 is 4.90 Å². The second kappa shape index (κ2) is 8.62. The van der Waals surface area contributed by atoms with Gasteiger partial charge in [-0.3, -0.25) is 4.79 Å². The molecule has 1 heterocycles. The first-order chi connectivity index (χ1) is 14.1. The Balaban J connectivity index is 1.96. The molecule has 158 valence electrons. The zero-order valence-electron chi connectivity index (χ0n) is 17.3. The van der Waals surface area contributed by atoms with Gasteiger partial charge in [0.15, 0.2) is 9.84 Å². The standard InChI is InChI=1S/C22H24ClN3O3S/c1-15(2)26(18-10-12-19(13-11-18)30(4,28)29)22(27)20-16(3)24-25(21(20)23)14-17-8-6-5-7-9-17/h5-13,15H,14H2,1-4H3. The number of sulfone groups is 1. The quantitative estimate of drug-likeness (QED) is 0.565. The molecule has 2 aromatic carbocycles. The van der Waals surface area contributed by atoms with Crippen molar-refractivity contribution in [3.63, 3.8) is 0 Å². The number of carbonyl (C=O) groups excluding carboxylic acids is 1. The molecule has 0 saturated heterocycles. The van der Waals surface area contributed by atoms with Crippen LogP contribution in [-0.4, -0.2) is 36.4 Å². The van der Waals surface area contributed by atoms with E-state index in [1.807, 2.05) is 44.2 Å². The first-order valence-corrected chi connectivity index (χ1v) is 11.8. The van der Waals surface area contributed by atoms with E-state index in [-0.39, 0.29) is 22.0 Å². The molecule has 3 aromatic rings. The van der Waals surface area contributed by atoms with Crippen LogP contribution in [0.2, 0.25) is 5.15 Å². The lowest BCUT2D eigenvalue weighted by Gasteiger charge is -2.27. The van der Waals surface area contributed by atoms with Crippen molar-refractivity contribution in [2.75, 3.05) is 11.2 Å². The number of benzene rings is 2. The van der Waals surface area contributed by atoms with E-state index in [9.17, 15) is 13.2 Å². The zero-order valence-corrected chi connectivity index (χ0v) is 18.9. The minimum Gasteiger partial charge on any atom is -0.306 e. The van der Waals surface area contributed by atoms with Crippen molar-refractivity contribution in [2.24, 2.45) is 0 Å². The maximum Gasteiger partial charge on any atom is 0.263 e. The van der Waals surface area contributed by atoms with Gasteiger partial charge in [0.25, 0.3) is 5.91 Å². The van der Waals surface area contributed by atoms with Gasteiger partial charge in [0.05, 0.1) is 22.7 Å². The highest BCUT2D eigenvalue weighted by atomic mass is 35.5. The third kappa shape index (κ3) is 4.57. The first-order valence-electron chi connectivity index (χ1n) is 9.50. The van der Waals surface area contributed by atoms with Crippen LogP contribution in [0.15, 0.2) is 59.5 Å². The maximum atomic E-state index is 13.4. The van der Waals surface area contributed by atoms with Crippen molar-refractivity contribution in [1.29, 1.82) is 0 Å². The molecule has 30 heavy (non-hydrogen) atoms. The number of carbonyl (C=O) groups is 1. The molecule has 1 aromatic heterocycles. The molecule has 0 aliphatic carbocycles. The predicted octanol–water partition coefficient (Wildman–Crippen LogP) is 4.35. The normalized spacial score (nSPS) is 11.7. The third-order valence-corrected chi connectivity index (χ3v) is 6.25. The fourth-order valence-corrected chi connectivity index (χ4v) is 4.23. The van der Waals surface area contributed by atoms with E-state index >= 15 is 0 Å². The average molecular weight is 446 g/mol. The SMILES string of the molecule is Cc1nn(Cc2ccccc2)c(Cl)c1C(=O)N(c1ccc(S(C)(=O)=O)cc1)C(C)C. The number of amides is 1. The summed E-state index contributed by atoms with van der Waals surface area (Å²) < 4.78 is 25.1. The van der Waals surface area contributed by atoms with Crippen LogP contribution in [-0.2, 0) is 16.4 Å². The summed E-state index contributed by atoms with van der Waals surface area (Å²) in [7, 11) is -3.32. The summed E-state index contributed by atoms with van der Waals surface area (Å²) in [5.41, 5.74) is 2.50. The van der Waals surface area contributed by atoms with E-state index in [0.717, 1.165) is 11.8 Å². The monoisotopic (exact) mass is 445 g/mol. The van der Waals surface area contributed by atoms with Gasteiger partial charge >= 0.3 is 0 Å². The highest BCUT2D eigenvalue weighted by Gasteiger charge is 2.28. The molecule has 8 heteroatoms. The Bertz CT molecular complexity index is 1150. The Morgan fingerprint density at radius 1 is 1.10 bits per heavy atom. The molecule has 3 rings (SSSR count). The number of halogens is 1. The first kappa shape index (κ1) is 22.1. The van der Waals surface area contributed by atoms with E-state index in [1.165, 1.54) is 12.1 Å². The number of aromatic nitrogens is 2. The number of rotatable bonds is 6. The lowest BCUT2D eigenvalue weighted by atomic mass is 10.1. The van der Waals surface area contributed by atoms with Crippen LogP contribution < -0.4 is 4.90 Å². The number of hydrogen-bond acceptors (Lipinski definition) is 4. The molecule has 0 N–H and O–H groups in total. The van der Waals surface area contributed by atoms with Crippen molar-refractivity contribution in [1.82, 2.24) is 9.78 Å². The van der Waals surface area contributed by atoms with E-state index in [1.54, 1.807) is 28.6 Å². The van der Waals surface area contributed by atoms with Crippen molar-refractivity contribution >= 4 is 33.0 Å². The molecule has 0 bridgehead atoms. The fourth-order valence-electron chi connectivity index (χ4n) is 3.28. The minimum absolute atomic E-state index is 0.172. The van der Waals surface area contributed by atoms with Crippen LogP contribution >= 0.6 is 11.6 Å². The van der Waals surface area contributed by atoms with E-state index in [0.29, 0.717) is 23.5 Å². The van der Waals surface area contributed by atoms with E-state index in [4.69, 9.17) is 11.6 Å². The van der Waals surface area contributed by atoms with Gasteiger partial charge in [-0.2, -0.15) is 5.10 Å². The minimum atomic E-state index is -3.32. The molecular weight excluding hydrogens is 422 g/mol. The fraction of sp³-hybridized carbons (Fsp3) is 0.273. The number of hydrogen-bond donors (Lipinski definition) is 0. The van der Waals surface area contributed by atoms with Gasteiger partial charge in [0, 0.05) is 18.0 Å². The Labute approximate surface area is 182 Å². The summed E-state index contributed by atoms with van der Waals surface area (Å²) in [5, 5.41) is 4.74. The molecule has 1 amide bonds. The van der Waals surface area contributed by atoms with Crippen molar-refractivity contribution in [2.45, 2.75) is 38.3 Å². The second-order valence-corrected chi connectivity index (χ2v) is 9.80. The van der Waals surface area contributed by atoms with Crippen LogP contribution in [0.4, 0.5) is 5.69 Å². The van der Waals surface area contributed by atoms with Gasteiger partial charge in [-0.05, 0) is 50.6 Å². The van der Waals surface area contributed by atoms with Crippen molar-refractivity contribution in [3.8, 4) is 0 Å². The molecule has 0 fully saturated rings. The van der Waals surface area contributed by atoms with Gasteiger partial charge in [-0.25, -0.2) is 13.1 Å². The van der Waals surface area contributed by atoms with Crippen LogP contribution in [0.25, 0.3) is 0 Å². The predicted molar refractivity (Wildman–Crippen MR) is 119 cm³/mol. The van der Waals surface area contributed by atoms with Crippen LogP contribution in [0, 0.1) is 6.92 Å². The molecule has 6 nitrogen and oxygen atoms in total. The van der Waals surface area contributed by atoms with Crippen molar-refractivity contribution in [3.05, 3.63) is 76.6 Å². The number of nitrogens with zero attached hydrogens (tertiary/aromatic N) is 3. The average Bonchev–Trinajstić information content (AvgIpc) is 2.95. The van der Waals surface area contributed by atoms with Gasteiger partial charge in [0.2, 0.25) is 0 Å². The summed E-state index contributed by atoms with van der Waals surface area (Å²) in [6.07, 6.45) is 1.15. The lowest BCUT2D eigenvalue weighted by Crippen LogP contribution is -2.37. The third-order valence-electron chi connectivity index (χ3n) is 4.73. The zero-order chi connectivity index (χ0) is 22.1. The Morgan fingerprint density at radius 3 is 2.23 bits per heavy atom. The largest absolute Gasteiger partial charge is 0.306 e. The molecular formula is C22H24ClN3O3S. The van der Waals surface area contributed by atoms with Crippen LogP contribution in [0.1, 0.15) is 35.5 Å². The van der Waals surface area contributed by atoms with Gasteiger partial charge in [-0.1, -0.05) is 41.9 Å². The van der Waals surface area contributed by atoms with Gasteiger partial charge in [-0.15, -0.1) is 0 Å². The lowest BCUT2D eigenvalue weighted by molar-refractivity contribution is 0.0979. The number of aryl methyl sites for hydroxylation is 1. The highest BCUT2D eigenvalue weighted by Crippen LogP contribution is 2.27. The molecule has 0 aliphatic heterocycles. The van der Waals surface area contributed by atoms with Crippen molar-refractivity contribution < 1.29 is 13.2 Å². The highest BCUT2D eigenvalue weighted by molar-refractivity contribution is 7.90. The molecule has 0 aliphatic rings. The molecule has 0 unspecified atom stereocenters. The summed E-state index contributed by atoms with van der Waals surface area (Å²) in [6, 6.07) is 15.8. The molecule has 0 spiro atoms. The smallest absolute Gasteiger partial charge is 0.263 e. The van der Waals surface area contributed by atoms with E-state index in [2.05, 4.69) is 5.10 Å². The summed E-state index contributed by atoms with van der Waals surface area (Å²) in [4.78, 5) is 15.2. The molecule has 0 atom stereocenters. The summed E-state index contributed by atoms with van der Waals surface area (Å²) in [5.74, 6) is -0.279. The molecule has 0 saturated carbocycles.